The molecule has 0 radical (unpaired) electrons. The van der Waals surface area contributed by atoms with E-state index in [-0.39, 0.29) is 48.1 Å². The Hall–Kier alpha value is -2.91. The number of rotatable bonds is 12. The van der Waals surface area contributed by atoms with Crippen molar-refractivity contribution in [1.29, 1.82) is 0 Å². The Morgan fingerprint density at radius 2 is 1.72 bits per heavy atom. The first kappa shape index (κ1) is 32.3. The minimum Gasteiger partial charge on any atom is -0.446 e. The van der Waals surface area contributed by atoms with Crippen LogP contribution in [0, 0.1) is 28.6 Å². The summed E-state index contributed by atoms with van der Waals surface area (Å²) < 4.78 is 5.46. The molecular formula is C29H48N4O6. The van der Waals surface area contributed by atoms with Crippen LogP contribution in [0.1, 0.15) is 75.2 Å². The van der Waals surface area contributed by atoms with Crippen LogP contribution in [0.5, 0.6) is 0 Å². The van der Waals surface area contributed by atoms with Crippen molar-refractivity contribution >= 4 is 29.6 Å². The average Bonchev–Trinajstić information content (AvgIpc) is 3.17. The van der Waals surface area contributed by atoms with Gasteiger partial charge in [0.05, 0.1) is 6.04 Å². The second-order valence-corrected chi connectivity index (χ2v) is 12.9. The normalized spacial score (nSPS) is 23.6. The number of nitrogens with one attached hydrogen (secondary N) is 3. The second-order valence-electron chi connectivity index (χ2n) is 12.9. The summed E-state index contributed by atoms with van der Waals surface area (Å²) in [5.74, 6) is -2.23. The summed E-state index contributed by atoms with van der Waals surface area (Å²) in [4.78, 5) is 67.0. The van der Waals surface area contributed by atoms with E-state index in [1.54, 1.807) is 6.92 Å². The topological polar surface area (TPSA) is 134 Å². The van der Waals surface area contributed by atoms with Gasteiger partial charge < -0.3 is 25.6 Å². The van der Waals surface area contributed by atoms with Gasteiger partial charge in [-0.3, -0.25) is 19.2 Å². The van der Waals surface area contributed by atoms with Crippen molar-refractivity contribution in [2.24, 2.45) is 28.6 Å². The molecule has 1 aliphatic heterocycles. The zero-order chi connectivity index (χ0) is 29.9. The average molecular weight is 549 g/mol. The smallest absolute Gasteiger partial charge is 0.408 e. The molecule has 0 aromatic rings. The summed E-state index contributed by atoms with van der Waals surface area (Å²) in [5, 5.41) is 7.98. The molecule has 10 nitrogen and oxygen atoms in total. The fourth-order valence-electron chi connectivity index (χ4n) is 5.31. The fraction of sp³-hybridized carbons (Fsp3) is 0.759. The first-order valence-corrected chi connectivity index (χ1v) is 14.0. The number of piperidine rings is 1. The molecule has 6 atom stereocenters. The third kappa shape index (κ3) is 7.39. The maximum absolute atomic E-state index is 13.9. The van der Waals surface area contributed by atoms with E-state index in [2.05, 4.69) is 36.4 Å². The van der Waals surface area contributed by atoms with E-state index in [0.29, 0.717) is 13.0 Å². The van der Waals surface area contributed by atoms with Gasteiger partial charge in [-0.2, -0.15) is 0 Å². The van der Waals surface area contributed by atoms with Gasteiger partial charge in [0.15, 0.2) is 0 Å². The van der Waals surface area contributed by atoms with Crippen molar-refractivity contribution in [3.05, 3.63) is 12.7 Å². The van der Waals surface area contributed by atoms with Crippen LogP contribution in [0.4, 0.5) is 4.79 Å². The third-order valence-electron chi connectivity index (χ3n) is 8.21. The summed E-state index contributed by atoms with van der Waals surface area (Å²) in [6.07, 6.45) is 1.31. The maximum atomic E-state index is 13.9. The molecule has 0 aromatic heterocycles. The van der Waals surface area contributed by atoms with Crippen molar-refractivity contribution in [3.8, 4) is 0 Å². The highest BCUT2D eigenvalue weighted by molar-refractivity contribution is 6.38. The van der Waals surface area contributed by atoms with Gasteiger partial charge in [-0.05, 0) is 41.9 Å². The SMILES string of the molecule is C=CCNC(=O)C(=O)C(CCC)NC(=O)C1[C@@H]2[C@H](CN1C(=O)[C@@H](NC(=O)OC(C)C(C)C)C(C)(C)C)C2(C)C. The van der Waals surface area contributed by atoms with Gasteiger partial charge in [0, 0.05) is 13.1 Å². The van der Waals surface area contributed by atoms with Crippen LogP contribution in [0.25, 0.3) is 0 Å². The van der Waals surface area contributed by atoms with Crippen molar-refractivity contribution in [1.82, 2.24) is 20.9 Å². The molecule has 1 saturated carbocycles. The number of carbonyl (C=O) groups is 5. The molecule has 0 aromatic carbocycles. The third-order valence-corrected chi connectivity index (χ3v) is 8.21. The molecule has 2 fully saturated rings. The molecule has 4 amide bonds. The molecule has 3 N–H and O–H groups in total. The number of hydrogen-bond donors (Lipinski definition) is 3. The first-order chi connectivity index (χ1) is 18.0. The van der Waals surface area contributed by atoms with Crippen LogP contribution in [-0.4, -0.2) is 71.8 Å². The Bertz CT molecular complexity index is 969. The van der Waals surface area contributed by atoms with Gasteiger partial charge in [0.25, 0.3) is 5.91 Å². The van der Waals surface area contributed by atoms with E-state index < -0.39 is 47.2 Å². The van der Waals surface area contributed by atoms with Gasteiger partial charge in [0.1, 0.15) is 18.2 Å². The predicted molar refractivity (Wildman–Crippen MR) is 148 cm³/mol. The van der Waals surface area contributed by atoms with E-state index in [9.17, 15) is 24.0 Å². The van der Waals surface area contributed by atoms with Gasteiger partial charge >= 0.3 is 6.09 Å². The molecular weight excluding hydrogens is 500 g/mol. The monoisotopic (exact) mass is 548 g/mol. The lowest BCUT2D eigenvalue weighted by molar-refractivity contribution is -0.145. The van der Waals surface area contributed by atoms with E-state index in [0.717, 1.165) is 0 Å². The molecule has 1 saturated heterocycles. The van der Waals surface area contributed by atoms with Gasteiger partial charge in [-0.1, -0.05) is 67.9 Å². The van der Waals surface area contributed by atoms with Crippen LogP contribution < -0.4 is 16.0 Å². The van der Waals surface area contributed by atoms with Crippen molar-refractivity contribution in [2.45, 2.75) is 99.4 Å². The van der Waals surface area contributed by atoms with Crippen LogP contribution in [0.15, 0.2) is 12.7 Å². The number of carbonyl (C=O) groups excluding carboxylic acids is 5. The number of Topliss-reactive ketones (excluding diaryl/α,β-unsaturated/α-hetero) is 1. The minimum atomic E-state index is -1.01. The highest BCUT2D eigenvalue weighted by atomic mass is 16.6. The number of fused-ring (bicyclic) bond motifs is 1. The molecule has 2 rings (SSSR count). The molecule has 3 unspecified atom stereocenters. The van der Waals surface area contributed by atoms with E-state index in [1.807, 2.05) is 41.5 Å². The summed E-state index contributed by atoms with van der Waals surface area (Å²) in [6, 6.07) is -2.76. The zero-order valence-electron chi connectivity index (χ0n) is 25.1. The van der Waals surface area contributed by atoms with Gasteiger partial charge in [-0.15, -0.1) is 6.58 Å². The molecule has 1 heterocycles. The van der Waals surface area contributed by atoms with Crippen LogP contribution in [0.2, 0.25) is 0 Å². The Kier molecular flexibility index (Phi) is 10.4. The quantitative estimate of drug-likeness (QED) is 0.254. The first-order valence-electron chi connectivity index (χ1n) is 14.0. The maximum Gasteiger partial charge on any atom is 0.408 e. The number of ether oxygens (including phenoxy) is 1. The molecule has 1 aliphatic carbocycles. The lowest BCUT2D eigenvalue weighted by Crippen LogP contribution is -2.60. The molecule has 220 valence electrons. The number of amides is 4. The minimum absolute atomic E-state index is 0.0954. The number of hydrogen-bond acceptors (Lipinski definition) is 6. The van der Waals surface area contributed by atoms with E-state index in [1.165, 1.54) is 11.0 Å². The molecule has 0 bridgehead atoms. The Morgan fingerprint density at radius 1 is 1.10 bits per heavy atom. The highest BCUT2D eigenvalue weighted by Gasteiger charge is 2.69. The van der Waals surface area contributed by atoms with Crippen molar-refractivity contribution in [2.75, 3.05) is 13.1 Å². The Labute approximate surface area is 233 Å². The van der Waals surface area contributed by atoms with Crippen molar-refractivity contribution in [3.63, 3.8) is 0 Å². The highest BCUT2D eigenvalue weighted by Crippen LogP contribution is 2.65. The number of likely N-dealkylation sites (tertiary alicyclic amines) is 1. The number of ketones is 1. The summed E-state index contributed by atoms with van der Waals surface area (Å²) >= 11 is 0. The summed E-state index contributed by atoms with van der Waals surface area (Å²) in [6.45, 7) is 21.2. The lowest BCUT2D eigenvalue weighted by atomic mass is 9.85. The lowest BCUT2D eigenvalue weighted by Gasteiger charge is -2.38. The summed E-state index contributed by atoms with van der Waals surface area (Å²) in [5.41, 5.74) is -0.814. The van der Waals surface area contributed by atoms with Crippen molar-refractivity contribution < 1.29 is 28.7 Å². The molecule has 39 heavy (non-hydrogen) atoms. The predicted octanol–water partition coefficient (Wildman–Crippen LogP) is 2.81. The van der Waals surface area contributed by atoms with E-state index >= 15 is 0 Å². The summed E-state index contributed by atoms with van der Waals surface area (Å²) in [7, 11) is 0. The van der Waals surface area contributed by atoms with E-state index in [4.69, 9.17) is 4.74 Å². The molecule has 2 aliphatic rings. The van der Waals surface area contributed by atoms with Crippen LogP contribution in [-0.2, 0) is 23.9 Å². The Balaban J connectivity index is 2.29. The molecule has 0 spiro atoms. The number of alkyl carbamates (subject to hydrolysis) is 1. The fourth-order valence-corrected chi connectivity index (χ4v) is 5.31. The molecule has 10 heteroatoms. The van der Waals surface area contributed by atoms with Gasteiger partial charge in [0.2, 0.25) is 17.6 Å². The van der Waals surface area contributed by atoms with Crippen LogP contribution >= 0.6 is 0 Å². The number of nitrogens with zero attached hydrogens (tertiary/aromatic N) is 1. The van der Waals surface area contributed by atoms with Crippen LogP contribution in [0.3, 0.4) is 0 Å². The largest absolute Gasteiger partial charge is 0.446 e. The second kappa shape index (κ2) is 12.5. The Morgan fingerprint density at radius 3 is 2.23 bits per heavy atom. The standard InChI is InChI=1S/C29H48N4O6/c1-11-13-19(22(34)25(36)30-14-12-2)31-24(35)21-20-18(29(20,9)10)15-33(21)26(37)23(28(6,7)8)32-27(38)39-17(5)16(3)4/h12,16-21,23H,2,11,13-15H2,1,3-10H3,(H,30,36)(H,31,35)(H,32,38)/t17?,18-,19?,20-,21?,23+/m0/s1. The van der Waals surface area contributed by atoms with Gasteiger partial charge in [-0.25, -0.2) is 4.79 Å². The zero-order valence-corrected chi connectivity index (χ0v) is 25.1.